The van der Waals surface area contributed by atoms with E-state index in [2.05, 4.69) is 4.74 Å². The maximum absolute atomic E-state index is 10.9. The maximum atomic E-state index is 10.9. The molecule has 0 aromatic heterocycles. The van der Waals surface area contributed by atoms with Gasteiger partial charge in [0, 0.05) is 15.6 Å². The van der Waals surface area contributed by atoms with Crippen LogP contribution in [0.25, 0.3) is 0 Å². The van der Waals surface area contributed by atoms with Gasteiger partial charge in [-0.15, -0.1) is 0 Å². The number of amides is 1. The van der Waals surface area contributed by atoms with Crippen molar-refractivity contribution in [3.63, 3.8) is 0 Å². The number of nitrogens with one attached hydrogen (secondary N) is 1. The summed E-state index contributed by atoms with van der Waals surface area (Å²) in [5, 5.41) is 1.20. The average molecular weight is 341 g/mol. The van der Waals surface area contributed by atoms with Gasteiger partial charge >= 0.3 is 5.97 Å². The van der Waals surface area contributed by atoms with E-state index in [4.69, 9.17) is 29.0 Å². The topological polar surface area (TPSA) is 81.4 Å². The Balaban J connectivity index is 0.000000220. The molecular weight excluding hydrogens is 327 g/mol. The van der Waals surface area contributed by atoms with Gasteiger partial charge in [-0.05, 0) is 48.5 Å². The normalized spacial score (nSPS) is 9.27. The number of esters is 1. The highest BCUT2D eigenvalue weighted by molar-refractivity contribution is 6.31. The van der Waals surface area contributed by atoms with Crippen LogP contribution in [-0.4, -0.2) is 19.0 Å². The highest BCUT2D eigenvalue weighted by Gasteiger charge is 2.02. The van der Waals surface area contributed by atoms with Gasteiger partial charge in [-0.3, -0.25) is 10.2 Å². The van der Waals surface area contributed by atoms with Crippen LogP contribution in [-0.2, 0) is 4.74 Å². The quantitative estimate of drug-likeness (QED) is 0.381. The first-order chi connectivity index (χ1) is 10.5. The first-order valence-electron chi connectivity index (χ1n) is 6.08. The fourth-order valence-electron chi connectivity index (χ4n) is 1.39. The molecule has 22 heavy (non-hydrogen) atoms. The molecule has 2 rings (SSSR count). The van der Waals surface area contributed by atoms with Gasteiger partial charge in [0.05, 0.1) is 12.7 Å². The van der Waals surface area contributed by atoms with Crippen LogP contribution in [0.3, 0.4) is 0 Å². The number of nitrogen functional groups attached to an aromatic ring is 1. The molecule has 0 heterocycles. The van der Waals surface area contributed by atoms with E-state index in [1.165, 1.54) is 7.11 Å². The lowest BCUT2D eigenvalue weighted by Crippen LogP contribution is -2.29. The maximum Gasteiger partial charge on any atom is 0.337 e. The van der Waals surface area contributed by atoms with Crippen LogP contribution in [0.15, 0.2) is 48.5 Å². The summed E-state index contributed by atoms with van der Waals surface area (Å²) in [6.45, 7) is 0. The third-order valence-corrected chi connectivity index (χ3v) is 3.01. The van der Waals surface area contributed by atoms with Gasteiger partial charge in [0.15, 0.2) is 0 Å². The van der Waals surface area contributed by atoms with Crippen molar-refractivity contribution in [1.82, 2.24) is 5.43 Å². The minimum atomic E-state index is -0.346. The molecule has 116 valence electrons. The summed E-state index contributed by atoms with van der Waals surface area (Å²) in [4.78, 5) is 21.7. The van der Waals surface area contributed by atoms with Crippen molar-refractivity contribution in [2.75, 3.05) is 7.11 Å². The third-order valence-electron chi connectivity index (χ3n) is 2.50. The summed E-state index contributed by atoms with van der Waals surface area (Å²) in [6, 6.07) is 13.0. The van der Waals surface area contributed by atoms with E-state index >= 15 is 0 Å². The second kappa shape index (κ2) is 9.04. The molecule has 0 atom stereocenters. The zero-order chi connectivity index (χ0) is 16.5. The van der Waals surface area contributed by atoms with E-state index < -0.39 is 0 Å². The van der Waals surface area contributed by atoms with E-state index in [9.17, 15) is 9.59 Å². The first kappa shape index (κ1) is 18.0. The Morgan fingerprint density at radius 1 is 0.909 bits per heavy atom. The number of benzene rings is 2. The standard InChI is InChI=1S/C8H7ClO2.C7H7ClN2O/c1-11-8(10)6-2-4-7(9)5-3-6;8-6-3-1-5(2-4-6)7(11)10-9/h2-5H,1H3;1-4H,9H2,(H,10,11). The molecule has 0 fully saturated rings. The number of methoxy groups -OCH3 is 1. The van der Waals surface area contributed by atoms with Crippen LogP contribution >= 0.6 is 23.2 Å². The second-order valence-corrected chi connectivity index (χ2v) is 4.85. The molecule has 0 aliphatic rings. The van der Waals surface area contributed by atoms with Crippen molar-refractivity contribution >= 4 is 35.1 Å². The van der Waals surface area contributed by atoms with Gasteiger partial charge < -0.3 is 4.74 Å². The Morgan fingerprint density at radius 3 is 1.68 bits per heavy atom. The van der Waals surface area contributed by atoms with Gasteiger partial charge in [-0.2, -0.15) is 0 Å². The lowest BCUT2D eigenvalue weighted by Gasteiger charge is -1.97. The average Bonchev–Trinajstić information content (AvgIpc) is 2.55. The summed E-state index contributed by atoms with van der Waals surface area (Å²) in [6.07, 6.45) is 0. The molecular formula is C15H14Cl2N2O3. The van der Waals surface area contributed by atoms with Crippen LogP contribution in [0.1, 0.15) is 20.7 Å². The smallest absolute Gasteiger partial charge is 0.337 e. The minimum absolute atomic E-state index is 0.318. The van der Waals surface area contributed by atoms with Gasteiger partial charge in [-0.25, -0.2) is 10.6 Å². The summed E-state index contributed by atoms with van der Waals surface area (Å²) in [5.74, 6) is 4.25. The predicted molar refractivity (Wildman–Crippen MR) is 85.9 cm³/mol. The molecule has 0 radical (unpaired) electrons. The van der Waals surface area contributed by atoms with Crippen LogP contribution < -0.4 is 11.3 Å². The SMILES string of the molecule is COC(=O)c1ccc(Cl)cc1.NNC(=O)c1ccc(Cl)cc1. The van der Waals surface area contributed by atoms with E-state index in [1.807, 2.05) is 5.43 Å². The van der Waals surface area contributed by atoms with Crippen molar-refractivity contribution in [2.24, 2.45) is 5.84 Å². The monoisotopic (exact) mass is 340 g/mol. The molecule has 0 saturated heterocycles. The van der Waals surface area contributed by atoms with Crippen molar-refractivity contribution < 1.29 is 14.3 Å². The number of hydrogen-bond donors (Lipinski definition) is 2. The van der Waals surface area contributed by atoms with Gasteiger partial charge in [0.2, 0.25) is 0 Å². The molecule has 0 aliphatic heterocycles. The molecule has 2 aromatic carbocycles. The fourth-order valence-corrected chi connectivity index (χ4v) is 1.64. The van der Waals surface area contributed by atoms with Crippen LogP contribution in [0.4, 0.5) is 0 Å². The molecule has 1 amide bonds. The Kier molecular flexibility index (Phi) is 7.39. The van der Waals surface area contributed by atoms with Crippen molar-refractivity contribution in [3.8, 4) is 0 Å². The summed E-state index contributed by atoms with van der Waals surface area (Å²) >= 11 is 11.2. The van der Waals surface area contributed by atoms with Crippen molar-refractivity contribution in [2.45, 2.75) is 0 Å². The van der Waals surface area contributed by atoms with Crippen LogP contribution in [0, 0.1) is 0 Å². The molecule has 2 aromatic rings. The number of hydrazine groups is 1. The third kappa shape index (κ3) is 5.73. The van der Waals surface area contributed by atoms with Crippen molar-refractivity contribution in [3.05, 3.63) is 69.7 Å². The minimum Gasteiger partial charge on any atom is -0.465 e. The molecule has 0 aliphatic carbocycles. The van der Waals surface area contributed by atoms with E-state index in [0.29, 0.717) is 21.2 Å². The van der Waals surface area contributed by atoms with Crippen molar-refractivity contribution in [1.29, 1.82) is 0 Å². The number of rotatable bonds is 2. The zero-order valence-electron chi connectivity index (χ0n) is 11.7. The van der Waals surface area contributed by atoms with E-state index in [-0.39, 0.29) is 11.9 Å². The number of nitrogens with two attached hydrogens (primary N) is 1. The highest BCUT2D eigenvalue weighted by atomic mass is 35.5. The number of ether oxygens (including phenoxy) is 1. The van der Waals surface area contributed by atoms with Gasteiger partial charge in [0.25, 0.3) is 5.91 Å². The van der Waals surface area contributed by atoms with Crippen LogP contribution in [0.2, 0.25) is 10.0 Å². The summed E-state index contributed by atoms with van der Waals surface area (Å²) < 4.78 is 4.49. The second-order valence-electron chi connectivity index (χ2n) is 3.98. The Morgan fingerprint density at radius 2 is 1.32 bits per heavy atom. The highest BCUT2D eigenvalue weighted by Crippen LogP contribution is 2.10. The molecule has 7 heteroatoms. The number of hydrogen-bond acceptors (Lipinski definition) is 4. The summed E-state index contributed by atoms with van der Waals surface area (Å²) in [5.41, 5.74) is 3.03. The van der Waals surface area contributed by atoms with E-state index in [0.717, 1.165) is 0 Å². The van der Waals surface area contributed by atoms with Gasteiger partial charge in [-0.1, -0.05) is 23.2 Å². The number of carbonyl (C=O) groups is 2. The fraction of sp³-hybridized carbons (Fsp3) is 0.0667. The molecule has 0 saturated carbocycles. The molecule has 0 bridgehead atoms. The predicted octanol–water partition coefficient (Wildman–Crippen LogP) is 3.07. The Labute approximate surface area is 137 Å². The Hall–Kier alpha value is -2.08. The van der Waals surface area contributed by atoms with Gasteiger partial charge in [0.1, 0.15) is 0 Å². The lowest BCUT2D eigenvalue weighted by molar-refractivity contribution is 0.0600. The number of halogens is 2. The lowest BCUT2D eigenvalue weighted by atomic mass is 10.2. The summed E-state index contributed by atoms with van der Waals surface area (Å²) in [7, 11) is 1.34. The number of carbonyl (C=O) groups excluding carboxylic acids is 2. The van der Waals surface area contributed by atoms with Crippen LogP contribution in [0.5, 0.6) is 0 Å². The zero-order valence-corrected chi connectivity index (χ0v) is 13.2. The molecule has 3 N–H and O–H groups in total. The first-order valence-corrected chi connectivity index (χ1v) is 6.84. The molecule has 0 spiro atoms. The largest absolute Gasteiger partial charge is 0.465 e. The molecule has 0 unspecified atom stereocenters. The Bertz CT molecular complexity index is 571. The van der Waals surface area contributed by atoms with E-state index in [1.54, 1.807) is 48.5 Å². The molecule has 5 nitrogen and oxygen atoms in total.